The summed E-state index contributed by atoms with van der Waals surface area (Å²) in [6.45, 7) is -0.236. The lowest BCUT2D eigenvalue weighted by atomic mass is 10.3. The fourth-order valence-corrected chi connectivity index (χ4v) is 2.22. The number of rotatable bonds is 4. The monoisotopic (exact) mass is 264 g/mol. The van der Waals surface area contributed by atoms with Gasteiger partial charge in [0, 0.05) is 0 Å². The Morgan fingerprint density at radius 1 is 1.28 bits per heavy atom. The van der Waals surface area contributed by atoms with E-state index in [1.807, 2.05) is 24.3 Å². The van der Waals surface area contributed by atoms with Crippen molar-refractivity contribution in [2.75, 3.05) is 18.4 Å². The second kappa shape index (κ2) is 5.56. The minimum Gasteiger partial charge on any atom is -0.346 e. The Kier molecular flexibility index (Phi) is 3.85. The van der Waals surface area contributed by atoms with E-state index in [1.54, 1.807) is 0 Å². The predicted octanol–water partition coefficient (Wildman–Crippen LogP) is 0.310. The van der Waals surface area contributed by atoms with Crippen LogP contribution in [0.15, 0.2) is 24.3 Å². The molecule has 1 aromatic heterocycles. The van der Waals surface area contributed by atoms with Gasteiger partial charge >= 0.3 is 0 Å². The van der Waals surface area contributed by atoms with Crippen LogP contribution in [0, 0.1) is 0 Å². The first-order chi connectivity index (χ1) is 8.69. The highest BCUT2D eigenvalue weighted by molar-refractivity contribution is 7.22. The minimum atomic E-state index is -0.366. The Morgan fingerprint density at radius 2 is 2.06 bits per heavy atom. The van der Waals surface area contributed by atoms with Crippen LogP contribution in [0.25, 0.3) is 10.2 Å². The highest BCUT2D eigenvalue weighted by atomic mass is 32.1. The summed E-state index contributed by atoms with van der Waals surface area (Å²) >= 11 is 1.39. The van der Waals surface area contributed by atoms with Crippen LogP contribution in [-0.2, 0) is 9.59 Å². The molecular weight excluding hydrogens is 252 g/mol. The molecule has 1 aromatic carbocycles. The molecule has 0 radical (unpaired) electrons. The molecule has 0 spiro atoms. The number of amides is 2. The van der Waals surface area contributed by atoms with Crippen molar-refractivity contribution >= 4 is 38.5 Å². The van der Waals surface area contributed by atoms with E-state index in [2.05, 4.69) is 15.6 Å². The van der Waals surface area contributed by atoms with Crippen molar-refractivity contribution in [2.45, 2.75) is 0 Å². The van der Waals surface area contributed by atoms with Crippen molar-refractivity contribution in [2.24, 2.45) is 5.73 Å². The molecule has 0 bridgehead atoms. The molecular formula is C11H12N4O2S. The molecule has 0 saturated carbocycles. The molecule has 6 nitrogen and oxygen atoms in total. The smallest absolute Gasteiger partial charge is 0.245 e. The third-order valence-electron chi connectivity index (χ3n) is 2.17. The van der Waals surface area contributed by atoms with Gasteiger partial charge in [0.1, 0.15) is 0 Å². The van der Waals surface area contributed by atoms with E-state index in [0.29, 0.717) is 5.13 Å². The van der Waals surface area contributed by atoms with Crippen LogP contribution in [0.3, 0.4) is 0 Å². The van der Waals surface area contributed by atoms with Crippen LogP contribution in [0.2, 0.25) is 0 Å². The summed E-state index contributed by atoms with van der Waals surface area (Å²) in [5, 5.41) is 5.53. The topological polar surface area (TPSA) is 97.1 Å². The summed E-state index contributed by atoms with van der Waals surface area (Å²) in [7, 11) is 0. The summed E-state index contributed by atoms with van der Waals surface area (Å²) in [4.78, 5) is 26.6. The highest BCUT2D eigenvalue weighted by Crippen LogP contribution is 2.24. The number of hydrogen-bond donors (Lipinski definition) is 3. The molecule has 0 fully saturated rings. The quantitative estimate of drug-likeness (QED) is 0.740. The van der Waals surface area contributed by atoms with Gasteiger partial charge in [0.15, 0.2) is 5.13 Å². The molecule has 0 saturated heterocycles. The van der Waals surface area contributed by atoms with Crippen LogP contribution in [0.5, 0.6) is 0 Å². The van der Waals surface area contributed by atoms with Gasteiger partial charge < -0.3 is 16.4 Å². The highest BCUT2D eigenvalue weighted by Gasteiger charge is 2.08. The van der Waals surface area contributed by atoms with E-state index in [1.165, 1.54) is 11.3 Å². The number of nitrogens with two attached hydrogens (primary N) is 1. The van der Waals surface area contributed by atoms with Crippen molar-refractivity contribution in [3.8, 4) is 0 Å². The second-order valence-corrected chi connectivity index (χ2v) is 4.55. The van der Waals surface area contributed by atoms with E-state index in [4.69, 9.17) is 5.73 Å². The van der Waals surface area contributed by atoms with Gasteiger partial charge in [-0.05, 0) is 12.1 Å². The second-order valence-electron chi connectivity index (χ2n) is 3.52. The van der Waals surface area contributed by atoms with Crippen LogP contribution in [-0.4, -0.2) is 29.9 Å². The number of hydrogen-bond acceptors (Lipinski definition) is 5. The van der Waals surface area contributed by atoms with Crippen LogP contribution >= 0.6 is 11.3 Å². The lowest BCUT2D eigenvalue weighted by molar-refractivity contribution is -0.123. The first-order valence-electron chi connectivity index (χ1n) is 5.31. The first kappa shape index (κ1) is 12.5. The van der Waals surface area contributed by atoms with Gasteiger partial charge in [0.2, 0.25) is 11.8 Å². The van der Waals surface area contributed by atoms with E-state index in [0.717, 1.165) is 10.2 Å². The number of anilines is 1. The number of thiazole rings is 1. The molecule has 1 heterocycles. The number of nitrogens with one attached hydrogen (secondary N) is 2. The van der Waals surface area contributed by atoms with Gasteiger partial charge in [-0.3, -0.25) is 9.59 Å². The van der Waals surface area contributed by atoms with Crippen molar-refractivity contribution in [1.29, 1.82) is 0 Å². The average molecular weight is 264 g/mol. The Labute approximate surface area is 107 Å². The van der Waals surface area contributed by atoms with E-state index >= 15 is 0 Å². The van der Waals surface area contributed by atoms with Crippen molar-refractivity contribution in [1.82, 2.24) is 10.3 Å². The van der Waals surface area contributed by atoms with Crippen LogP contribution < -0.4 is 16.4 Å². The third-order valence-corrected chi connectivity index (χ3v) is 3.12. The van der Waals surface area contributed by atoms with E-state index in [9.17, 15) is 9.59 Å². The van der Waals surface area contributed by atoms with Crippen LogP contribution in [0.1, 0.15) is 0 Å². The maximum atomic E-state index is 11.5. The van der Waals surface area contributed by atoms with E-state index < -0.39 is 0 Å². The average Bonchev–Trinajstić information content (AvgIpc) is 2.77. The molecule has 0 aliphatic carbocycles. The Morgan fingerprint density at radius 3 is 2.78 bits per heavy atom. The number of aromatic nitrogens is 1. The molecule has 0 atom stereocenters. The number of carbonyl (C=O) groups excluding carboxylic acids is 2. The first-order valence-corrected chi connectivity index (χ1v) is 6.13. The van der Waals surface area contributed by atoms with Gasteiger partial charge in [-0.1, -0.05) is 23.5 Å². The molecule has 18 heavy (non-hydrogen) atoms. The number of nitrogens with zero attached hydrogens (tertiary/aromatic N) is 1. The van der Waals surface area contributed by atoms with Crippen LogP contribution in [0.4, 0.5) is 5.13 Å². The molecule has 0 aliphatic heterocycles. The zero-order chi connectivity index (χ0) is 13.0. The number of para-hydroxylation sites is 1. The Balaban J connectivity index is 1.96. The standard InChI is InChI=1S/C11H12N4O2S/c12-5-9(16)13-6-10(17)15-11-14-7-3-1-2-4-8(7)18-11/h1-4H,5-6,12H2,(H,13,16)(H,14,15,17). The minimum absolute atomic E-state index is 0.105. The molecule has 2 amide bonds. The number of fused-ring (bicyclic) bond motifs is 1. The van der Waals surface area contributed by atoms with Crippen molar-refractivity contribution in [3.05, 3.63) is 24.3 Å². The zero-order valence-corrected chi connectivity index (χ0v) is 10.3. The Hall–Kier alpha value is -1.99. The van der Waals surface area contributed by atoms with E-state index in [-0.39, 0.29) is 24.9 Å². The summed E-state index contributed by atoms with van der Waals surface area (Å²) in [6.07, 6.45) is 0. The van der Waals surface area contributed by atoms with Gasteiger partial charge in [-0.2, -0.15) is 0 Å². The van der Waals surface area contributed by atoms with Gasteiger partial charge in [0.25, 0.3) is 0 Å². The third kappa shape index (κ3) is 3.02. The summed E-state index contributed by atoms with van der Waals surface area (Å²) in [5.41, 5.74) is 5.94. The van der Waals surface area contributed by atoms with Gasteiger partial charge in [-0.25, -0.2) is 4.98 Å². The molecule has 2 rings (SSSR count). The summed E-state index contributed by atoms with van der Waals surface area (Å²) in [5.74, 6) is -0.690. The maximum Gasteiger partial charge on any atom is 0.245 e. The Bertz CT molecular complexity index is 548. The lowest BCUT2D eigenvalue weighted by Gasteiger charge is -2.02. The fraction of sp³-hybridized carbons (Fsp3) is 0.182. The fourth-order valence-electron chi connectivity index (χ4n) is 1.34. The normalized spacial score (nSPS) is 10.3. The molecule has 4 N–H and O–H groups in total. The SMILES string of the molecule is NCC(=O)NCC(=O)Nc1nc2ccccc2s1. The molecule has 94 valence electrons. The number of carbonyl (C=O) groups is 2. The summed E-state index contributed by atoms with van der Waals surface area (Å²) < 4.78 is 0.999. The molecule has 7 heteroatoms. The predicted molar refractivity (Wildman–Crippen MR) is 70.3 cm³/mol. The maximum absolute atomic E-state index is 11.5. The van der Waals surface area contributed by atoms with Crippen molar-refractivity contribution in [3.63, 3.8) is 0 Å². The summed E-state index contributed by atoms with van der Waals surface area (Å²) in [6, 6.07) is 7.60. The van der Waals surface area contributed by atoms with Gasteiger partial charge in [0.05, 0.1) is 23.3 Å². The largest absolute Gasteiger partial charge is 0.346 e. The molecule has 0 aliphatic rings. The van der Waals surface area contributed by atoms with Crippen molar-refractivity contribution < 1.29 is 9.59 Å². The zero-order valence-electron chi connectivity index (χ0n) is 9.47. The molecule has 0 unspecified atom stereocenters. The number of benzene rings is 1. The van der Waals surface area contributed by atoms with Gasteiger partial charge in [-0.15, -0.1) is 0 Å². The lowest BCUT2D eigenvalue weighted by Crippen LogP contribution is -2.36. The molecule has 2 aromatic rings.